The summed E-state index contributed by atoms with van der Waals surface area (Å²) in [6.45, 7) is 1.40. The number of aromatic nitrogens is 3. The van der Waals surface area contributed by atoms with Crippen molar-refractivity contribution in [3.05, 3.63) is 28.8 Å². The van der Waals surface area contributed by atoms with Crippen molar-refractivity contribution in [1.82, 2.24) is 15.0 Å². The molecule has 0 bridgehead atoms. The van der Waals surface area contributed by atoms with E-state index in [0.29, 0.717) is 25.2 Å². The highest BCUT2D eigenvalue weighted by atomic mass is 31.2. The molecule has 0 amide bonds. The summed E-state index contributed by atoms with van der Waals surface area (Å²) in [5.41, 5.74) is 0.279. The second kappa shape index (κ2) is 5.22. The number of H-pyrrole nitrogens is 1. The number of nitrogens with zero attached hydrogens (tertiary/aromatic N) is 3. The van der Waals surface area contributed by atoms with Gasteiger partial charge in [0.25, 0.3) is 0 Å². The van der Waals surface area contributed by atoms with Crippen LogP contribution in [-0.2, 0) is 4.57 Å². The number of nitrogens with one attached hydrogen (secondary N) is 1. The molecule has 0 saturated carbocycles. The zero-order chi connectivity index (χ0) is 15.0. The van der Waals surface area contributed by atoms with Gasteiger partial charge >= 0.3 is 7.60 Å². The van der Waals surface area contributed by atoms with Gasteiger partial charge in [-0.15, -0.1) is 0 Å². The van der Waals surface area contributed by atoms with Crippen LogP contribution in [0.15, 0.2) is 23.3 Å². The standard InChI is InChI=1S/C12H15N4O4P/c17-10-2-1-9-11(15-10)13-7-14-12(9)16-5-8(6-16)3-4-21(18,19)20/h1-2,7-8H,3-6H2,(H2,18,19,20)(H,13,14,15,17). The van der Waals surface area contributed by atoms with Gasteiger partial charge in [0.05, 0.1) is 11.5 Å². The van der Waals surface area contributed by atoms with Crippen LogP contribution >= 0.6 is 7.60 Å². The first kappa shape index (κ1) is 14.2. The third-order valence-corrected chi connectivity index (χ3v) is 4.43. The van der Waals surface area contributed by atoms with E-state index in [9.17, 15) is 9.36 Å². The number of hydrogen-bond donors (Lipinski definition) is 3. The summed E-state index contributed by atoms with van der Waals surface area (Å²) in [6.07, 6.45) is 1.82. The van der Waals surface area contributed by atoms with Crippen LogP contribution in [0.1, 0.15) is 6.42 Å². The first-order valence-corrected chi connectivity index (χ1v) is 8.36. The zero-order valence-electron chi connectivity index (χ0n) is 11.1. The Morgan fingerprint density at radius 3 is 2.81 bits per heavy atom. The van der Waals surface area contributed by atoms with Gasteiger partial charge in [-0.05, 0) is 18.4 Å². The monoisotopic (exact) mass is 310 g/mol. The molecule has 0 unspecified atom stereocenters. The SMILES string of the molecule is O=c1ccc2c(N3CC(CCP(=O)(O)O)C3)ncnc2[nH]1. The highest BCUT2D eigenvalue weighted by Gasteiger charge is 2.30. The Kier molecular flexibility index (Phi) is 3.52. The van der Waals surface area contributed by atoms with Crippen molar-refractivity contribution in [2.24, 2.45) is 5.92 Å². The molecule has 2 aromatic heterocycles. The van der Waals surface area contributed by atoms with Crippen molar-refractivity contribution < 1.29 is 14.4 Å². The highest BCUT2D eigenvalue weighted by Crippen LogP contribution is 2.38. The fraction of sp³-hybridized carbons (Fsp3) is 0.417. The smallest absolute Gasteiger partial charge is 0.325 e. The fourth-order valence-corrected chi connectivity index (χ4v) is 3.19. The minimum absolute atomic E-state index is 0.0800. The summed E-state index contributed by atoms with van der Waals surface area (Å²) in [7, 11) is -3.92. The van der Waals surface area contributed by atoms with E-state index in [1.54, 1.807) is 6.07 Å². The lowest BCUT2D eigenvalue weighted by Crippen LogP contribution is -2.47. The molecule has 1 aliphatic heterocycles. The minimum Gasteiger partial charge on any atom is -0.355 e. The number of rotatable bonds is 4. The van der Waals surface area contributed by atoms with Crippen LogP contribution in [-0.4, -0.2) is 44.0 Å². The number of aromatic amines is 1. The van der Waals surface area contributed by atoms with E-state index in [0.717, 1.165) is 11.2 Å². The van der Waals surface area contributed by atoms with Gasteiger partial charge in [0.2, 0.25) is 5.56 Å². The van der Waals surface area contributed by atoms with Gasteiger partial charge in [-0.1, -0.05) is 0 Å². The molecule has 112 valence electrons. The Morgan fingerprint density at radius 1 is 1.33 bits per heavy atom. The molecule has 0 atom stereocenters. The Labute approximate surface area is 120 Å². The average molecular weight is 310 g/mol. The summed E-state index contributed by atoms with van der Waals surface area (Å²) in [5, 5.41) is 0.769. The molecular formula is C12H15N4O4P. The van der Waals surface area contributed by atoms with E-state index in [2.05, 4.69) is 15.0 Å². The van der Waals surface area contributed by atoms with Gasteiger partial charge in [-0.2, -0.15) is 0 Å². The summed E-state index contributed by atoms with van der Waals surface area (Å²) in [4.78, 5) is 42.0. The molecule has 1 saturated heterocycles. The number of fused-ring (bicyclic) bond motifs is 1. The molecule has 21 heavy (non-hydrogen) atoms. The van der Waals surface area contributed by atoms with E-state index in [1.165, 1.54) is 12.4 Å². The van der Waals surface area contributed by atoms with Gasteiger partial charge in [-0.25, -0.2) is 9.97 Å². The predicted molar refractivity (Wildman–Crippen MR) is 77.4 cm³/mol. The van der Waals surface area contributed by atoms with Crippen molar-refractivity contribution >= 4 is 24.4 Å². The Balaban J connectivity index is 1.73. The first-order chi connectivity index (χ1) is 9.92. The van der Waals surface area contributed by atoms with Crippen molar-refractivity contribution in [1.29, 1.82) is 0 Å². The van der Waals surface area contributed by atoms with Crippen LogP contribution in [0.2, 0.25) is 0 Å². The number of pyridine rings is 1. The lowest BCUT2D eigenvalue weighted by atomic mass is 9.97. The Hall–Kier alpha value is -1.76. The first-order valence-electron chi connectivity index (χ1n) is 6.56. The van der Waals surface area contributed by atoms with E-state index >= 15 is 0 Å². The van der Waals surface area contributed by atoms with Crippen molar-refractivity contribution in [3.8, 4) is 0 Å². The molecular weight excluding hydrogens is 295 g/mol. The molecule has 1 fully saturated rings. The molecule has 9 heteroatoms. The van der Waals surface area contributed by atoms with Crippen molar-refractivity contribution in [3.63, 3.8) is 0 Å². The maximum Gasteiger partial charge on any atom is 0.325 e. The van der Waals surface area contributed by atoms with Crippen LogP contribution in [0.4, 0.5) is 5.82 Å². The molecule has 0 aromatic carbocycles. The molecule has 0 spiro atoms. The van der Waals surface area contributed by atoms with Gasteiger partial charge in [-0.3, -0.25) is 9.36 Å². The van der Waals surface area contributed by atoms with Gasteiger partial charge in [0, 0.05) is 19.2 Å². The molecule has 0 radical (unpaired) electrons. The van der Waals surface area contributed by atoms with Crippen molar-refractivity contribution in [2.75, 3.05) is 24.2 Å². The lowest BCUT2D eigenvalue weighted by molar-refractivity contribution is 0.350. The predicted octanol–water partition coefficient (Wildman–Crippen LogP) is 0.322. The van der Waals surface area contributed by atoms with Crippen LogP contribution in [0.5, 0.6) is 0 Å². The number of anilines is 1. The van der Waals surface area contributed by atoms with Crippen LogP contribution in [0.3, 0.4) is 0 Å². The molecule has 8 nitrogen and oxygen atoms in total. The Bertz CT molecular complexity index is 765. The normalized spacial score (nSPS) is 16.2. The van der Waals surface area contributed by atoms with E-state index in [-0.39, 0.29) is 17.6 Å². The Morgan fingerprint density at radius 2 is 2.10 bits per heavy atom. The summed E-state index contributed by atoms with van der Waals surface area (Å²) < 4.78 is 10.9. The maximum atomic E-state index is 11.3. The zero-order valence-corrected chi connectivity index (χ0v) is 12.0. The van der Waals surface area contributed by atoms with Crippen molar-refractivity contribution in [2.45, 2.75) is 6.42 Å². The molecule has 3 N–H and O–H groups in total. The third-order valence-electron chi connectivity index (χ3n) is 3.59. The topological polar surface area (TPSA) is 119 Å². The second-order valence-electron chi connectivity index (χ2n) is 5.23. The molecule has 3 rings (SSSR count). The lowest BCUT2D eigenvalue weighted by Gasteiger charge is -2.40. The second-order valence-corrected chi connectivity index (χ2v) is 7.01. The van der Waals surface area contributed by atoms with E-state index in [4.69, 9.17) is 9.79 Å². The summed E-state index contributed by atoms with van der Waals surface area (Å²) >= 11 is 0. The van der Waals surface area contributed by atoms with Gasteiger partial charge in [0.1, 0.15) is 17.8 Å². The maximum absolute atomic E-state index is 11.3. The van der Waals surface area contributed by atoms with E-state index in [1.807, 2.05) is 4.90 Å². The summed E-state index contributed by atoms with van der Waals surface area (Å²) in [6, 6.07) is 3.12. The largest absolute Gasteiger partial charge is 0.355 e. The molecule has 3 heterocycles. The van der Waals surface area contributed by atoms with Crippen LogP contribution < -0.4 is 10.5 Å². The fourth-order valence-electron chi connectivity index (χ4n) is 2.48. The highest BCUT2D eigenvalue weighted by molar-refractivity contribution is 7.51. The van der Waals surface area contributed by atoms with E-state index < -0.39 is 7.60 Å². The average Bonchev–Trinajstić information content (AvgIpc) is 2.35. The molecule has 1 aliphatic rings. The third kappa shape index (κ3) is 3.12. The minimum atomic E-state index is -3.92. The molecule has 2 aromatic rings. The van der Waals surface area contributed by atoms with Crippen LogP contribution in [0, 0.1) is 5.92 Å². The quantitative estimate of drug-likeness (QED) is 0.696. The van der Waals surface area contributed by atoms with Gasteiger partial charge in [0.15, 0.2) is 0 Å². The van der Waals surface area contributed by atoms with Crippen LogP contribution in [0.25, 0.3) is 11.0 Å². The van der Waals surface area contributed by atoms with Gasteiger partial charge < -0.3 is 19.7 Å². The number of hydrogen-bond acceptors (Lipinski definition) is 5. The molecule has 0 aliphatic carbocycles. The summed E-state index contributed by atoms with van der Waals surface area (Å²) in [5.74, 6) is 0.995.